The first-order valence-electron chi connectivity index (χ1n) is 4.91. The fourth-order valence-electron chi connectivity index (χ4n) is 1.72. The summed E-state index contributed by atoms with van der Waals surface area (Å²) in [6.45, 7) is 1.95. The summed E-state index contributed by atoms with van der Waals surface area (Å²) in [6.07, 6.45) is 1.58. The third kappa shape index (κ3) is 1.48. The molecule has 0 saturated carbocycles. The molecule has 2 heterocycles. The van der Waals surface area contributed by atoms with Gasteiger partial charge < -0.3 is 5.11 Å². The predicted octanol–water partition coefficient (Wildman–Crippen LogP) is 0.302. The Morgan fingerprint density at radius 1 is 1.50 bits per heavy atom. The van der Waals surface area contributed by atoms with E-state index in [-0.39, 0.29) is 12.2 Å². The molecule has 1 N–H and O–H groups in total. The van der Waals surface area contributed by atoms with Crippen LogP contribution < -0.4 is 5.69 Å². The van der Waals surface area contributed by atoms with Crippen LogP contribution in [0.2, 0.25) is 0 Å². The van der Waals surface area contributed by atoms with Crippen LogP contribution in [0.25, 0.3) is 11.2 Å². The number of fused-ring (bicyclic) bond motifs is 1. The Bertz CT molecular complexity index is 597. The second kappa shape index (κ2) is 3.80. The maximum absolute atomic E-state index is 11.9. The van der Waals surface area contributed by atoms with Crippen LogP contribution in [0.3, 0.4) is 0 Å². The maximum Gasteiger partial charge on any atom is 0.330 e. The highest BCUT2D eigenvalue weighted by molar-refractivity contribution is 5.74. The van der Waals surface area contributed by atoms with E-state index in [9.17, 15) is 9.59 Å². The lowest BCUT2D eigenvalue weighted by Crippen LogP contribution is -2.26. The molecule has 0 aliphatic heterocycles. The molecule has 0 aliphatic carbocycles. The van der Waals surface area contributed by atoms with Crippen LogP contribution in [0.15, 0.2) is 23.1 Å². The zero-order valence-electron chi connectivity index (χ0n) is 8.75. The molecule has 0 saturated heterocycles. The van der Waals surface area contributed by atoms with Crippen molar-refractivity contribution in [2.45, 2.75) is 20.0 Å². The lowest BCUT2D eigenvalue weighted by Gasteiger charge is -1.96. The van der Waals surface area contributed by atoms with E-state index in [1.807, 2.05) is 6.92 Å². The molecule has 0 radical (unpaired) electrons. The maximum atomic E-state index is 11.9. The van der Waals surface area contributed by atoms with Crippen LogP contribution >= 0.6 is 0 Å². The fourth-order valence-corrected chi connectivity index (χ4v) is 1.72. The highest BCUT2D eigenvalue weighted by Crippen LogP contribution is 2.09. The number of carboxylic acids is 1. The molecular weight excluding hydrogens is 210 g/mol. The van der Waals surface area contributed by atoms with Crippen molar-refractivity contribution in [3.05, 3.63) is 28.8 Å². The monoisotopic (exact) mass is 221 g/mol. The van der Waals surface area contributed by atoms with Crippen LogP contribution in [0.1, 0.15) is 6.92 Å². The van der Waals surface area contributed by atoms with Crippen LogP contribution in [-0.4, -0.2) is 25.2 Å². The number of aliphatic carboxylic acids is 1. The van der Waals surface area contributed by atoms with Gasteiger partial charge in [0.05, 0.1) is 5.52 Å². The zero-order chi connectivity index (χ0) is 11.7. The van der Waals surface area contributed by atoms with E-state index in [0.29, 0.717) is 17.7 Å². The highest BCUT2D eigenvalue weighted by Gasteiger charge is 2.14. The molecule has 6 nitrogen and oxygen atoms in total. The van der Waals surface area contributed by atoms with E-state index in [2.05, 4.69) is 4.98 Å². The molecule has 0 aliphatic rings. The van der Waals surface area contributed by atoms with Gasteiger partial charge in [0.2, 0.25) is 0 Å². The number of aryl methyl sites for hydroxylation is 1. The van der Waals surface area contributed by atoms with Gasteiger partial charge in [0.1, 0.15) is 6.54 Å². The lowest BCUT2D eigenvalue weighted by molar-refractivity contribution is -0.137. The van der Waals surface area contributed by atoms with Crippen molar-refractivity contribution in [2.75, 3.05) is 0 Å². The number of imidazole rings is 1. The summed E-state index contributed by atoms with van der Waals surface area (Å²) in [5, 5.41) is 8.74. The summed E-state index contributed by atoms with van der Waals surface area (Å²) in [7, 11) is 0. The summed E-state index contributed by atoms with van der Waals surface area (Å²) < 4.78 is 2.67. The molecule has 2 aromatic rings. The third-order valence-electron chi connectivity index (χ3n) is 2.38. The molecule has 16 heavy (non-hydrogen) atoms. The molecule has 0 amide bonds. The van der Waals surface area contributed by atoms with Crippen molar-refractivity contribution in [3.63, 3.8) is 0 Å². The van der Waals surface area contributed by atoms with E-state index in [4.69, 9.17) is 5.11 Å². The first-order valence-corrected chi connectivity index (χ1v) is 4.91. The minimum absolute atomic E-state index is 0.335. The van der Waals surface area contributed by atoms with Gasteiger partial charge in [-0.25, -0.2) is 9.78 Å². The standard InChI is InChI=1S/C10H11N3O3/c1-2-12-9-7(4-3-5-11-9)13(10(12)16)6-8(14)15/h3-5H,2,6H2,1H3,(H,14,15). The van der Waals surface area contributed by atoms with Crippen LogP contribution in [0.4, 0.5) is 0 Å². The average molecular weight is 221 g/mol. The van der Waals surface area contributed by atoms with Crippen molar-refractivity contribution < 1.29 is 9.90 Å². The van der Waals surface area contributed by atoms with Gasteiger partial charge in [-0.3, -0.25) is 13.9 Å². The van der Waals surface area contributed by atoms with Crippen molar-refractivity contribution in [1.82, 2.24) is 14.1 Å². The normalized spacial score (nSPS) is 10.8. The van der Waals surface area contributed by atoms with E-state index in [1.165, 1.54) is 9.13 Å². The van der Waals surface area contributed by atoms with Crippen LogP contribution in [0, 0.1) is 0 Å². The SMILES string of the molecule is CCn1c(=O)n(CC(=O)O)c2cccnc21. The summed E-state index contributed by atoms with van der Waals surface area (Å²) in [5.74, 6) is -1.04. The second-order valence-corrected chi connectivity index (χ2v) is 3.35. The van der Waals surface area contributed by atoms with Gasteiger partial charge in [-0.15, -0.1) is 0 Å². The van der Waals surface area contributed by atoms with E-state index >= 15 is 0 Å². The van der Waals surface area contributed by atoms with Crippen molar-refractivity contribution >= 4 is 17.1 Å². The number of hydrogen-bond acceptors (Lipinski definition) is 3. The summed E-state index contributed by atoms with van der Waals surface area (Å²) >= 11 is 0. The van der Waals surface area contributed by atoms with Crippen molar-refractivity contribution in [3.8, 4) is 0 Å². The predicted molar refractivity (Wildman–Crippen MR) is 57.3 cm³/mol. The van der Waals surface area contributed by atoms with Gasteiger partial charge in [0.15, 0.2) is 5.65 Å². The molecule has 0 spiro atoms. The minimum atomic E-state index is -1.04. The van der Waals surface area contributed by atoms with E-state index in [1.54, 1.807) is 18.3 Å². The van der Waals surface area contributed by atoms with Crippen LogP contribution in [-0.2, 0) is 17.9 Å². The zero-order valence-corrected chi connectivity index (χ0v) is 8.75. The van der Waals surface area contributed by atoms with Gasteiger partial charge in [-0.05, 0) is 19.1 Å². The Kier molecular flexibility index (Phi) is 2.47. The number of carboxylic acid groups (broad SMARTS) is 1. The summed E-state index contributed by atoms with van der Waals surface area (Å²) in [6, 6.07) is 3.37. The number of aromatic nitrogens is 3. The first kappa shape index (κ1) is 10.4. The molecule has 0 atom stereocenters. The fraction of sp³-hybridized carbons (Fsp3) is 0.300. The Morgan fingerprint density at radius 2 is 2.25 bits per heavy atom. The quantitative estimate of drug-likeness (QED) is 0.808. The molecule has 84 valence electrons. The number of pyridine rings is 1. The third-order valence-corrected chi connectivity index (χ3v) is 2.38. The Balaban J connectivity index is 2.77. The number of nitrogens with zero attached hydrogens (tertiary/aromatic N) is 3. The molecule has 2 rings (SSSR count). The number of hydrogen-bond donors (Lipinski definition) is 1. The topological polar surface area (TPSA) is 77.1 Å². The molecule has 0 bridgehead atoms. The van der Waals surface area contributed by atoms with Crippen LogP contribution in [0.5, 0.6) is 0 Å². The lowest BCUT2D eigenvalue weighted by atomic mass is 10.4. The average Bonchev–Trinajstić information content (AvgIpc) is 2.52. The van der Waals surface area contributed by atoms with Gasteiger partial charge >= 0.3 is 11.7 Å². The van der Waals surface area contributed by atoms with Gasteiger partial charge in [-0.1, -0.05) is 0 Å². The smallest absolute Gasteiger partial charge is 0.330 e. The second-order valence-electron chi connectivity index (χ2n) is 3.35. The van der Waals surface area contributed by atoms with Crippen molar-refractivity contribution in [1.29, 1.82) is 0 Å². The number of rotatable bonds is 3. The molecule has 6 heteroatoms. The summed E-state index contributed by atoms with van der Waals surface area (Å²) in [4.78, 5) is 26.6. The molecule has 0 unspecified atom stereocenters. The van der Waals surface area contributed by atoms with E-state index < -0.39 is 5.97 Å². The van der Waals surface area contributed by atoms with E-state index in [0.717, 1.165) is 0 Å². The minimum Gasteiger partial charge on any atom is -0.480 e. The first-order chi connectivity index (χ1) is 7.65. The Labute approximate surface area is 90.8 Å². The largest absolute Gasteiger partial charge is 0.480 e. The van der Waals surface area contributed by atoms with Gasteiger partial charge in [0, 0.05) is 12.7 Å². The summed E-state index contributed by atoms with van der Waals surface area (Å²) in [5.41, 5.74) is 0.742. The highest BCUT2D eigenvalue weighted by atomic mass is 16.4. The molecular formula is C10H11N3O3. The molecule has 2 aromatic heterocycles. The Hall–Kier alpha value is -2.11. The Morgan fingerprint density at radius 3 is 2.88 bits per heavy atom. The van der Waals surface area contributed by atoms with Crippen molar-refractivity contribution in [2.24, 2.45) is 0 Å². The van der Waals surface area contributed by atoms with Gasteiger partial charge in [-0.2, -0.15) is 0 Å². The molecule has 0 aromatic carbocycles. The molecule has 0 fully saturated rings. The van der Waals surface area contributed by atoms with Gasteiger partial charge in [0.25, 0.3) is 0 Å². The number of carbonyl (C=O) groups is 1.